The molecule has 2 atom stereocenters. The van der Waals surface area contributed by atoms with E-state index in [1.807, 2.05) is 6.92 Å². The van der Waals surface area contributed by atoms with Crippen LogP contribution in [0.15, 0.2) is 0 Å². The second-order valence-electron chi connectivity index (χ2n) is 5.80. The van der Waals surface area contributed by atoms with Gasteiger partial charge in [0.15, 0.2) is 0 Å². The smallest absolute Gasteiger partial charge is 0.146 e. The summed E-state index contributed by atoms with van der Waals surface area (Å²) in [5.74, 6) is 1.85. The summed E-state index contributed by atoms with van der Waals surface area (Å²) in [6, 6.07) is 0.363. The van der Waals surface area contributed by atoms with E-state index in [0.717, 1.165) is 36.5 Å². The fourth-order valence-corrected chi connectivity index (χ4v) is 3.28. The third kappa shape index (κ3) is 1.88. The number of hydrogen-bond acceptors (Lipinski definition) is 4. The second-order valence-corrected chi connectivity index (χ2v) is 5.80. The van der Waals surface area contributed by atoms with Crippen LogP contribution in [-0.4, -0.2) is 27.7 Å². The van der Waals surface area contributed by atoms with Crippen LogP contribution in [0.5, 0.6) is 0 Å². The van der Waals surface area contributed by atoms with Crippen LogP contribution in [-0.2, 0) is 4.74 Å². The lowest BCUT2D eigenvalue weighted by Crippen LogP contribution is -2.18. The molecule has 0 bridgehead atoms. The average molecular weight is 274 g/mol. The first-order chi connectivity index (χ1) is 9.50. The summed E-state index contributed by atoms with van der Waals surface area (Å²) < 4.78 is 7.85. The van der Waals surface area contributed by atoms with Gasteiger partial charge in [0.05, 0.1) is 12.0 Å². The topological polar surface area (TPSA) is 66.0 Å². The summed E-state index contributed by atoms with van der Waals surface area (Å²) in [4.78, 5) is 8.94. The van der Waals surface area contributed by atoms with Gasteiger partial charge in [-0.25, -0.2) is 9.97 Å². The highest BCUT2D eigenvalue weighted by molar-refractivity contribution is 5.91. The molecule has 0 saturated carbocycles. The zero-order valence-electron chi connectivity index (χ0n) is 12.6. The molecule has 0 aromatic carbocycles. The van der Waals surface area contributed by atoms with Gasteiger partial charge in [0.1, 0.15) is 17.3 Å². The number of anilines is 1. The summed E-state index contributed by atoms with van der Waals surface area (Å²) in [6.45, 7) is 10.1. The first-order valence-electron chi connectivity index (χ1n) is 7.19. The largest absolute Gasteiger partial charge is 0.383 e. The molecule has 0 spiro atoms. The van der Waals surface area contributed by atoms with Crippen LogP contribution < -0.4 is 5.73 Å². The summed E-state index contributed by atoms with van der Waals surface area (Å²) in [6.07, 6.45) is 1.11. The summed E-state index contributed by atoms with van der Waals surface area (Å²) >= 11 is 0. The minimum Gasteiger partial charge on any atom is -0.383 e. The lowest BCUT2D eigenvalue weighted by Gasteiger charge is -2.22. The maximum atomic E-state index is 6.10. The van der Waals surface area contributed by atoms with Crippen LogP contribution in [0.25, 0.3) is 11.0 Å². The average Bonchev–Trinajstić information content (AvgIpc) is 2.98. The highest BCUT2D eigenvalue weighted by Gasteiger charge is 2.27. The van der Waals surface area contributed by atoms with E-state index in [9.17, 15) is 0 Å². The van der Waals surface area contributed by atoms with E-state index in [0.29, 0.717) is 17.8 Å². The molecule has 5 nitrogen and oxygen atoms in total. The Labute approximate surface area is 119 Å². The molecule has 1 fully saturated rings. The van der Waals surface area contributed by atoms with Gasteiger partial charge in [-0.15, -0.1) is 0 Å². The molecule has 1 aliphatic rings. The summed E-state index contributed by atoms with van der Waals surface area (Å²) in [7, 11) is 0. The lowest BCUT2D eigenvalue weighted by atomic mass is 10.0. The Bertz CT molecular complexity index is 656. The van der Waals surface area contributed by atoms with Crippen molar-refractivity contribution in [2.45, 2.75) is 40.2 Å². The molecule has 2 aromatic rings. The summed E-state index contributed by atoms with van der Waals surface area (Å²) in [5, 5.41) is 0.999. The molecule has 1 aliphatic heterocycles. The van der Waals surface area contributed by atoms with Crippen LogP contribution in [0.2, 0.25) is 0 Å². The van der Waals surface area contributed by atoms with Crippen LogP contribution in [0, 0.1) is 26.7 Å². The molecular weight excluding hydrogens is 252 g/mol. The van der Waals surface area contributed by atoms with Crippen molar-refractivity contribution < 1.29 is 4.74 Å². The van der Waals surface area contributed by atoms with Crippen LogP contribution in [0.1, 0.15) is 36.5 Å². The Hall–Kier alpha value is -1.62. The van der Waals surface area contributed by atoms with Crippen LogP contribution in [0.3, 0.4) is 0 Å². The van der Waals surface area contributed by atoms with Crippen molar-refractivity contribution in [3.05, 3.63) is 17.1 Å². The van der Waals surface area contributed by atoms with Gasteiger partial charge >= 0.3 is 0 Å². The normalized spacial score (nSPS) is 20.7. The first kappa shape index (κ1) is 13.4. The molecule has 0 radical (unpaired) electrons. The number of aryl methyl sites for hydroxylation is 2. The monoisotopic (exact) mass is 274 g/mol. The second kappa shape index (κ2) is 4.74. The molecule has 1 saturated heterocycles. The van der Waals surface area contributed by atoms with Gasteiger partial charge in [-0.1, -0.05) is 0 Å². The van der Waals surface area contributed by atoms with Crippen molar-refractivity contribution in [2.24, 2.45) is 5.92 Å². The van der Waals surface area contributed by atoms with E-state index in [-0.39, 0.29) is 0 Å². The van der Waals surface area contributed by atoms with E-state index >= 15 is 0 Å². The van der Waals surface area contributed by atoms with E-state index in [4.69, 9.17) is 10.5 Å². The predicted molar refractivity (Wildman–Crippen MR) is 79.8 cm³/mol. The fraction of sp³-hybridized carbons (Fsp3) is 0.600. The van der Waals surface area contributed by atoms with Crippen molar-refractivity contribution in [2.75, 3.05) is 18.9 Å². The molecule has 5 heteroatoms. The number of fused-ring (bicyclic) bond motifs is 1. The molecule has 2 N–H and O–H groups in total. The molecule has 0 aliphatic carbocycles. The quantitative estimate of drug-likeness (QED) is 0.914. The molecule has 3 heterocycles. The zero-order valence-corrected chi connectivity index (χ0v) is 12.6. The molecule has 20 heavy (non-hydrogen) atoms. The first-order valence-corrected chi connectivity index (χ1v) is 7.19. The molecule has 0 amide bonds. The Morgan fingerprint density at radius 3 is 2.70 bits per heavy atom. The number of nitrogens with zero attached hydrogens (tertiary/aromatic N) is 3. The Morgan fingerprint density at radius 1 is 1.30 bits per heavy atom. The van der Waals surface area contributed by atoms with Crippen molar-refractivity contribution >= 4 is 16.9 Å². The van der Waals surface area contributed by atoms with E-state index in [1.54, 1.807) is 0 Å². The fourth-order valence-electron chi connectivity index (χ4n) is 3.28. The van der Waals surface area contributed by atoms with Crippen LogP contribution in [0.4, 0.5) is 5.82 Å². The zero-order chi connectivity index (χ0) is 14.4. The third-order valence-corrected chi connectivity index (χ3v) is 4.59. The number of nitrogens with two attached hydrogens (primary N) is 1. The maximum absolute atomic E-state index is 6.10. The number of nitrogen functional groups attached to an aromatic ring is 1. The van der Waals surface area contributed by atoms with Gasteiger partial charge < -0.3 is 15.0 Å². The number of rotatable bonds is 2. The molecule has 108 valence electrons. The Morgan fingerprint density at radius 2 is 2.05 bits per heavy atom. The standard InChI is InChI=1S/C15H22N4O/c1-8-9(2)19(10(3)12-5-6-20-7-12)15-13(8)14(16)17-11(4)18-15/h10,12H,5-7H2,1-4H3,(H2,16,17,18). The SMILES string of the molecule is Cc1nc(N)c2c(C)c(C)n(C(C)C3CCOC3)c2n1. The Balaban J connectivity index is 2.21. The van der Waals surface area contributed by atoms with Crippen molar-refractivity contribution in [1.82, 2.24) is 14.5 Å². The third-order valence-electron chi connectivity index (χ3n) is 4.59. The summed E-state index contributed by atoms with van der Waals surface area (Å²) in [5.41, 5.74) is 9.48. The van der Waals surface area contributed by atoms with Gasteiger partial charge in [0, 0.05) is 24.3 Å². The number of ether oxygens (including phenoxy) is 1. The molecular formula is C15H22N4O. The lowest BCUT2D eigenvalue weighted by molar-refractivity contribution is 0.175. The molecule has 2 aromatic heterocycles. The van der Waals surface area contributed by atoms with Gasteiger partial charge in [-0.05, 0) is 39.7 Å². The predicted octanol–water partition coefficient (Wildman–Crippen LogP) is 2.54. The van der Waals surface area contributed by atoms with Gasteiger partial charge in [0.25, 0.3) is 0 Å². The van der Waals surface area contributed by atoms with Gasteiger partial charge in [-0.3, -0.25) is 0 Å². The van der Waals surface area contributed by atoms with Gasteiger partial charge in [0.2, 0.25) is 0 Å². The highest BCUT2D eigenvalue weighted by atomic mass is 16.5. The maximum Gasteiger partial charge on any atom is 0.146 e. The highest BCUT2D eigenvalue weighted by Crippen LogP contribution is 2.35. The van der Waals surface area contributed by atoms with Crippen molar-refractivity contribution in [3.63, 3.8) is 0 Å². The van der Waals surface area contributed by atoms with Gasteiger partial charge in [-0.2, -0.15) is 0 Å². The van der Waals surface area contributed by atoms with E-state index in [1.165, 1.54) is 11.3 Å². The number of aromatic nitrogens is 3. The number of hydrogen-bond donors (Lipinski definition) is 1. The van der Waals surface area contributed by atoms with Crippen LogP contribution >= 0.6 is 0 Å². The van der Waals surface area contributed by atoms with Crippen molar-refractivity contribution in [3.8, 4) is 0 Å². The minimum atomic E-state index is 0.363. The van der Waals surface area contributed by atoms with E-state index < -0.39 is 0 Å². The van der Waals surface area contributed by atoms with Crippen molar-refractivity contribution in [1.29, 1.82) is 0 Å². The molecule has 3 rings (SSSR count). The minimum absolute atomic E-state index is 0.363. The molecule has 2 unspecified atom stereocenters. The van der Waals surface area contributed by atoms with E-state index in [2.05, 4.69) is 35.3 Å². The Kier molecular flexibility index (Phi) is 3.17.